The van der Waals surface area contributed by atoms with E-state index < -0.39 is 0 Å². The van der Waals surface area contributed by atoms with Gasteiger partial charge in [0.2, 0.25) is 0 Å². The van der Waals surface area contributed by atoms with Crippen LogP contribution in [0.15, 0.2) is 47.2 Å². The van der Waals surface area contributed by atoms with Crippen molar-refractivity contribution >= 4 is 21.8 Å². The van der Waals surface area contributed by atoms with E-state index in [9.17, 15) is 4.79 Å². The highest BCUT2D eigenvalue weighted by Crippen LogP contribution is 2.32. The molecule has 0 radical (unpaired) electrons. The number of aromatic nitrogens is 1. The Kier molecular flexibility index (Phi) is 5.11. The molecule has 1 aromatic heterocycles. The lowest BCUT2D eigenvalue weighted by Gasteiger charge is -2.30. The third-order valence-electron chi connectivity index (χ3n) is 4.39. The van der Waals surface area contributed by atoms with Gasteiger partial charge in [-0.2, -0.15) is 0 Å². The molecule has 0 spiro atoms. The van der Waals surface area contributed by atoms with Crippen molar-refractivity contribution in [2.45, 2.75) is 38.6 Å². The molecule has 0 saturated carbocycles. The highest BCUT2D eigenvalue weighted by atomic mass is 79.9. The lowest BCUT2D eigenvalue weighted by atomic mass is 9.98. The monoisotopic (exact) mass is 372 g/mol. The van der Waals surface area contributed by atoms with Crippen LogP contribution in [0.1, 0.15) is 53.2 Å². The highest BCUT2D eigenvalue weighted by Gasteiger charge is 2.27. The summed E-state index contributed by atoms with van der Waals surface area (Å²) in [5.41, 5.74) is 3.13. The minimum atomic E-state index is 0.0761. The number of rotatable bonds is 2. The molecular weight excluding hydrogens is 352 g/mol. The molecule has 1 saturated heterocycles. The molecule has 120 valence electrons. The second kappa shape index (κ2) is 7.26. The minimum absolute atomic E-state index is 0.0761. The van der Waals surface area contributed by atoms with Gasteiger partial charge in [-0.15, -0.1) is 0 Å². The number of nitrogens with zero attached hydrogens (tertiary/aromatic N) is 2. The molecule has 1 amide bonds. The average molecular weight is 373 g/mol. The van der Waals surface area contributed by atoms with Gasteiger partial charge in [0.05, 0.1) is 11.6 Å². The Morgan fingerprint density at radius 2 is 2.09 bits per heavy atom. The van der Waals surface area contributed by atoms with Crippen LogP contribution in [0.4, 0.5) is 0 Å². The van der Waals surface area contributed by atoms with E-state index >= 15 is 0 Å². The fraction of sp³-hybridized carbons (Fsp3) is 0.368. The summed E-state index contributed by atoms with van der Waals surface area (Å²) in [4.78, 5) is 19.2. The van der Waals surface area contributed by atoms with Gasteiger partial charge < -0.3 is 4.90 Å². The maximum atomic E-state index is 13.0. The van der Waals surface area contributed by atoms with Crippen LogP contribution < -0.4 is 0 Å². The molecule has 0 N–H and O–H groups in total. The molecule has 1 aromatic carbocycles. The molecule has 3 rings (SSSR count). The number of benzene rings is 1. The quantitative estimate of drug-likeness (QED) is 0.750. The minimum Gasteiger partial charge on any atom is -0.332 e. The number of carbonyl (C=O) groups is 1. The van der Waals surface area contributed by atoms with Gasteiger partial charge in [0.15, 0.2) is 0 Å². The summed E-state index contributed by atoms with van der Waals surface area (Å²) >= 11 is 3.41. The van der Waals surface area contributed by atoms with Crippen LogP contribution in [-0.4, -0.2) is 22.3 Å². The van der Waals surface area contributed by atoms with Crippen molar-refractivity contribution in [2.75, 3.05) is 6.54 Å². The van der Waals surface area contributed by atoms with Crippen molar-refractivity contribution in [3.05, 3.63) is 63.9 Å². The number of halogens is 1. The summed E-state index contributed by atoms with van der Waals surface area (Å²) in [6.07, 6.45) is 7.80. The van der Waals surface area contributed by atoms with Gasteiger partial charge in [-0.25, -0.2) is 0 Å². The van der Waals surface area contributed by atoms with Crippen LogP contribution in [0.2, 0.25) is 0 Å². The third kappa shape index (κ3) is 3.81. The van der Waals surface area contributed by atoms with Crippen molar-refractivity contribution in [3.63, 3.8) is 0 Å². The Morgan fingerprint density at radius 3 is 2.87 bits per heavy atom. The zero-order valence-electron chi connectivity index (χ0n) is 13.3. The number of pyridine rings is 1. The van der Waals surface area contributed by atoms with E-state index in [1.807, 2.05) is 11.0 Å². The Morgan fingerprint density at radius 1 is 1.22 bits per heavy atom. The molecule has 2 aromatic rings. The molecule has 2 heterocycles. The maximum absolute atomic E-state index is 13.0. The van der Waals surface area contributed by atoms with E-state index in [2.05, 4.69) is 52.1 Å². The number of carbonyl (C=O) groups excluding carboxylic acids is 1. The van der Waals surface area contributed by atoms with E-state index in [-0.39, 0.29) is 11.9 Å². The largest absolute Gasteiger partial charge is 0.332 e. The predicted octanol–water partition coefficient (Wildman–Crippen LogP) is 4.91. The number of hydrogen-bond donors (Lipinski definition) is 0. The summed E-state index contributed by atoms with van der Waals surface area (Å²) in [6.45, 7) is 2.91. The molecule has 1 unspecified atom stereocenters. The summed E-state index contributed by atoms with van der Waals surface area (Å²) in [7, 11) is 0. The van der Waals surface area contributed by atoms with Crippen LogP contribution in [0.5, 0.6) is 0 Å². The average Bonchev–Trinajstić information content (AvgIpc) is 2.80. The van der Waals surface area contributed by atoms with E-state index in [1.54, 1.807) is 12.4 Å². The Bertz CT molecular complexity index is 701. The highest BCUT2D eigenvalue weighted by molar-refractivity contribution is 9.10. The second-order valence-corrected chi connectivity index (χ2v) is 7.09. The smallest absolute Gasteiger partial charge is 0.255 e. The number of likely N-dealkylation sites (tertiary alicyclic amines) is 1. The molecule has 23 heavy (non-hydrogen) atoms. The van der Waals surface area contributed by atoms with Crippen molar-refractivity contribution in [1.82, 2.24) is 9.88 Å². The van der Waals surface area contributed by atoms with Crippen LogP contribution in [-0.2, 0) is 0 Å². The van der Waals surface area contributed by atoms with Crippen molar-refractivity contribution in [2.24, 2.45) is 0 Å². The number of hydrogen-bond acceptors (Lipinski definition) is 2. The zero-order valence-corrected chi connectivity index (χ0v) is 14.9. The van der Waals surface area contributed by atoms with E-state index in [0.29, 0.717) is 5.56 Å². The first kappa shape index (κ1) is 16.2. The van der Waals surface area contributed by atoms with Crippen molar-refractivity contribution in [3.8, 4) is 0 Å². The molecule has 4 heteroatoms. The Balaban J connectivity index is 1.94. The molecule has 1 atom stereocenters. The maximum Gasteiger partial charge on any atom is 0.255 e. The van der Waals surface area contributed by atoms with Crippen LogP contribution in [0, 0.1) is 6.92 Å². The van der Waals surface area contributed by atoms with Gasteiger partial charge in [-0.1, -0.05) is 42.7 Å². The molecular formula is C19H21BrN2O. The van der Waals surface area contributed by atoms with Crippen molar-refractivity contribution < 1.29 is 4.79 Å². The molecule has 0 aliphatic carbocycles. The molecule has 1 aliphatic heterocycles. The normalized spacial score (nSPS) is 18.5. The molecule has 1 fully saturated rings. The molecule has 1 aliphatic rings. The lowest BCUT2D eigenvalue weighted by molar-refractivity contribution is 0.0680. The standard InChI is InChI=1S/C19H21BrN2O/c1-14-6-5-7-15(10-14)18-8-3-2-4-9-22(18)19(23)16-11-17(20)13-21-12-16/h5-7,10-13,18H,2-4,8-9H2,1H3. The fourth-order valence-electron chi connectivity index (χ4n) is 3.27. The molecule has 3 nitrogen and oxygen atoms in total. The van der Waals surface area contributed by atoms with Crippen molar-refractivity contribution in [1.29, 1.82) is 0 Å². The predicted molar refractivity (Wildman–Crippen MR) is 95.4 cm³/mol. The summed E-state index contributed by atoms with van der Waals surface area (Å²) in [6, 6.07) is 10.5. The number of aryl methyl sites for hydroxylation is 1. The van der Waals surface area contributed by atoms with Gasteiger partial charge in [-0.05, 0) is 47.3 Å². The first-order valence-corrected chi connectivity index (χ1v) is 8.92. The summed E-state index contributed by atoms with van der Waals surface area (Å²) < 4.78 is 0.838. The topological polar surface area (TPSA) is 33.2 Å². The lowest BCUT2D eigenvalue weighted by Crippen LogP contribution is -2.35. The Hall–Kier alpha value is -1.68. The SMILES string of the molecule is Cc1cccc(C2CCCCCN2C(=O)c2cncc(Br)c2)c1. The zero-order chi connectivity index (χ0) is 16.2. The fourth-order valence-corrected chi connectivity index (χ4v) is 3.63. The summed E-state index contributed by atoms with van der Waals surface area (Å²) in [5, 5.41) is 0. The van der Waals surface area contributed by atoms with Gasteiger partial charge >= 0.3 is 0 Å². The van der Waals surface area contributed by atoms with Gasteiger partial charge in [0.25, 0.3) is 5.91 Å². The van der Waals surface area contributed by atoms with E-state index in [0.717, 1.165) is 23.9 Å². The van der Waals surface area contributed by atoms with E-state index in [1.165, 1.54) is 24.0 Å². The van der Waals surface area contributed by atoms with Crippen LogP contribution >= 0.6 is 15.9 Å². The van der Waals surface area contributed by atoms with Crippen LogP contribution in [0.3, 0.4) is 0 Å². The van der Waals surface area contributed by atoms with Gasteiger partial charge in [-0.3, -0.25) is 9.78 Å². The first-order valence-electron chi connectivity index (χ1n) is 8.13. The van der Waals surface area contributed by atoms with Gasteiger partial charge in [0.1, 0.15) is 0 Å². The Labute approximate surface area is 145 Å². The van der Waals surface area contributed by atoms with E-state index in [4.69, 9.17) is 0 Å². The third-order valence-corrected chi connectivity index (χ3v) is 4.83. The summed E-state index contributed by atoms with van der Waals surface area (Å²) in [5.74, 6) is 0.0761. The first-order chi connectivity index (χ1) is 11.1. The number of amides is 1. The van der Waals surface area contributed by atoms with Crippen LogP contribution in [0.25, 0.3) is 0 Å². The van der Waals surface area contributed by atoms with Gasteiger partial charge in [0, 0.05) is 23.4 Å². The second-order valence-electron chi connectivity index (χ2n) is 6.17. The molecule has 0 bridgehead atoms.